The van der Waals surface area contributed by atoms with Gasteiger partial charge in [0.2, 0.25) is 0 Å². The van der Waals surface area contributed by atoms with Crippen molar-refractivity contribution in [2.45, 2.75) is 32.3 Å². The van der Waals surface area contributed by atoms with Crippen LogP contribution in [-0.4, -0.2) is 19.2 Å². The fraction of sp³-hybridized carbons (Fsp3) is 0.241. The molecule has 0 heterocycles. The maximum Gasteiger partial charge on any atom is 0.330 e. The second-order valence-electron chi connectivity index (χ2n) is 7.75. The van der Waals surface area contributed by atoms with Gasteiger partial charge in [0, 0.05) is 6.08 Å². The van der Waals surface area contributed by atoms with Crippen molar-refractivity contribution in [3.63, 3.8) is 0 Å². The van der Waals surface area contributed by atoms with Crippen LogP contribution in [0.5, 0.6) is 11.5 Å². The molecule has 3 rings (SSSR count). The van der Waals surface area contributed by atoms with Crippen molar-refractivity contribution in [3.8, 4) is 28.7 Å². The maximum absolute atomic E-state index is 11.0. The zero-order valence-corrected chi connectivity index (χ0v) is 19.2. The van der Waals surface area contributed by atoms with Crippen molar-refractivity contribution in [2.24, 2.45) is 0 Å². The van der Waals surface area contributed by atoms with Gasteiger partial charge in [0.1, 0.15) is 24.2 Å². The molecule has 34 heavy (non-hydrogen) atoms. The number of unbranched alkanes of at least 4 members (excludes halogenated alkanes) is 3. The Hall–Kier alpha value is -4.04. The number of rotatable bonds is 13. The molecule has 0 fully saturated rings. The lowest BCUT2D eigenvalue weighted by atomic mass is 10.0. The Labute approximate surface area is 201 Å². The topological polar surface area (TPSA) is 68.6 Å². The van der Waals surface area contributed by atoms with Crippen molar-refractivity contribution in [3.05, 3.63) is 96.6 Å². The molecule has 0 radical (unpaired) electrons. The van der Waals surface area contributed by atoms with Crippen molar-refractivity contribution in [1.82, 2.24) is 0 Å². The molecular weight excluding hydrogens is 426 g/mol. The Morgan fingerprint density at radius 2 is 1.47 bits per heavy atom. The highest BCUT2D eigenvalue weighted by atomic mass is 16.5. The fourth-order valence-electron chi connectivity index (χ4n) is 3.36. The molecule has 0 bridgehead atoms. The minimum Gasteiger partial charge on any atom is -0.494 e. The number of para-hydroxylation sites is 1. The summed E-state index contributed by atoms with van der Waals surface area (Å²) < 4.78 is 16.6. The third-order valence-corrected chi connectivity index (χ3v) is 5.26. The number of benzene rings is 3. The number of nitrogens with zero attached hydrogens (tertiary/aromatic N) is 1. The van der Waals surface area contributed by atoms with Crippen LogP contribution in [0.15, 0.2) is 85.5 Å². The minimum absolute atomic E-state index is 0.366. The first-order valence-corrected chi connectivity index (χ1v) is 11.4. The van der Waals surface area contributed by atoms with Crippen LogP contribution in [0, 0.1) is 11.3 Å². The third-order valence-electron chi connectivity index (χ3n) is 5.26. The predicted molar refractivity (Wildman–Crippen MR) is 132 cm³/mol. The Balaban J connectivity index is 1.39. The maximum atomic E-state index is 11.0. The van der Waals surface area contributed by atoms with Crippen LogP contribution in [-0.2, 0) is 16.1 Å². The molecule has 0 aliphatic rings. The van der Waals surface area contributed by atoms with E-state index in [0.717, 1.165) is 48.1 Å². The molecular formula is C29H29NO4. The van der Waals surface area contributed by atoms with Crippen LogP contribution in [0.1, 0.15) is 36.8 Å². The number of ether oxygens (including phenoxy) is 3. The summed E-state index contributed by atoms with van der Waals surface area (Å²) in [5.74, 6) is 1.08. The largest absolute Gasteiger partial charge is 0.494 e. The Morgan fingerprint density at radius 1 is 0.824 bits per heavy atom. The van der Waals surface area contributed by atoms with Crippen LogP contribution in [0.3, 0.4) is 0 Å². The highest BCUT2D eigenvalue weighted by molar-refractivity contribution is 5.81. The number of nitriles is 1. The second kappa shape index (κ2) is 13.5. The van der Waals surface area contributed by atoms with E-state index in [9.17, 15) is 4.79 Å². The normalized spacial score (nSPS) is 10.2. The average molecular weight is 456 g/mol. The Morgan fingerprint density at radius 3 is 2.15 bits per heavy atom. The monoisotopic (exact) mass is 455 g/mol. The molecule has 0 spiro atoms. The zero-order valence-electron chi connectivity index (χ0n) is 19.2. The molecule has 0 aliphatic heterocycles. The van der Waals surface area contributed by atoms with Crippen LogP contribution in [0.4, 0.5) is 0 Å². The van der Waals surface area contributed by atoms with E-state index in [-0.39, 0.29) is 5.97 Å². The van der Waals surface area contributed by atoms with Crippen LogP contribution in [0.2, 0.25) is 0 Å². The van der Waals surface area contributed by atoms with Gasteiger partial charge < -0.3 is 14.2 Å². The van der Waals surface area contributed by atoms with E-state index in [1.165, 1.54) is 6.08 Å². The van der Waals surface area contributed by atoms with Gasteiger partial charge in [-0.2, -0.15) is 5.26 Å². The summed E-state index contributed by atoms with van der Waals surface area (Å²) in [5, 5.41) is 9.17. The van der Waals surface area contributed by atoms with Gasteiger partial charge in [-0.3, -0.25) is 0 Å². The van der Waals surface area contributed by atoms with E-state index in [1.54, 1.807) is 12.1 Å². The first kappa shape index (κ1) is 24.6. The summed E-state index contributed by atoms with van der Waals surface area (Å²) in [7, 11) is 0. The number of carbonyl (C=O) groups excluding carboxylic acids is 1. The van der Waals surface area contributed by atoms with Crippen molar-refractivity contribution in [2.75, 3.05) is 13.2 Å². The first-order chi connectivity index (χ1) is 16.7. The lowest BCUT2D eigenvalue weighted by Crippen LogP contribution is -2.02. The van der Waals surface area contributed by atoms with E-state index < -0.39 is 0 Å². The van der Waals surface area contributed by atoms with E-state index in [0.29, 0.717) is 31.1 Å². The standard InChI is InChI=1S/C29H29NO4/c1-2-29(31)33-20-8-4-3-7-19-32-27-17-15-25(16-18-27)24-13-11-23(12-14-24)22-34-28-10-6-5-9-26(28)21-30/h2,5-6,9-18H,1,3-4,7-8,19-20,22H2. The van der Waals surface area contributed by atoms with Crippen LogP contribution >= 0.6 is 0 Å². The zero-order chi connectivity index (χ0) is 24.0. The summed E-state index contributed by atoms with van der Waals surface area (Å²) in [6.45, 7) is 4.88. The summed E-state index contributed by atoms with van der Waals surface area (Å²) >= 11 is 0. The highest BCUT2D eigenvalue weighted by Crippen LogP contribution is 2.24. The van der Waals surface area contributed by atoms with Crippen molar-refractivity contribution >= 4 is 5.97 Å². The van der Waals surface area contributed by atoms with Gasteiger partial charge in [0.25, 0.3) is 0 Å². The molecule has 0 aliphatic carbocycles. The second-order valence-corrected chi connectivity index (χ2v) is 7.75. The molecule has 0 atom stereocenters. The van der Waals surface area contributed by atoms with E-state index in [4.69, 9.17) is 19.5 Å². The summed E-state index contributed by atoms with van der Waals surface area (Å²) in [6, 6.07) is 25.7. The number of carbonyl (C=O) groups is 1. The molecule has 0 saturated carbocycles. The van der Waals surface area contributed by atoms with Crippen molar-refractivity contribution < 1.29 is 19.0 Å². The summed E-state index contributed by atoms with van der Waals surface area (Å²) in [6.07, 6.45) is 5.02. The molecule has 0 unspecified atom stereocenters. The first-order valence-electron chi connectivity index (χ1n) is 11.4. The number of hydrogen-bond donors (Lipinski definition) is 0. The summed E-state index contributed by atoms with van der Waals surface area (Å²) in [4.78, 5) is 11.0. The van der Waals surface area contributed by atoms with Gasteiger partial charge in [-0.15, -0.1) is 0 Å². The van der Waals surface area contributed by atoms with Gasteiger partial charge in [-0.1, -0.05) is 55.1 Å². The number of esters is 1. The molecule has 5 nitrogen and oxygen atoms in total. The molecule has 0 N–H and O–H groups in total. The lowest BCUT2D eigenvalue weighted by Gasteiger charge is -2.09. The lowest BCUT2D eigenvalue weighted by molar-refractivity contribution is -0.137. The van der Waals surface area contributed by atoms with Gasteiger partial charge >= 0.3 is 5.97 Å². The minimum atomic E-state index is -0.366. The van der Waals surface area contributed by atoms with E-state index in [2.05, 4.69) is 36.9 Å². The van der Waals surface area contributed by atoms with Gasteiger partial charge in [-0.05, 0) is 66.6 Å². The fourth-order valence-corrected chi connectivity index (χ4v) is 3.36. The predicted octanol–water partition coefficient (Wildman–Crippen LogP) is 6.47. The average Bonchev–Trinajstić information content (AvgIpc) is 2.89. The van der Waals surface area contributed by atoms with Gasteiger partial charge in [-0.25, -0.2) is 4.79 Å². The molecule has 3 aromatic rings. The molecule has 5 heteroatoms. The van der Waals surface area contributed by atoms with E-state index >= 15 is 0 Å². The SMILES string of the molecule is C=CC(=O)OCCCCCCOc1ccc(-c2ccc(COc3ccccc3C#N)cc2)cc1. The van der Waals surface area contributed by atoms with Crippen molar-refractivity contribution in [1.29, 1.82) is 5.26 Å². The quantitative estimate of drug-likeness (QED) is 0.168. The molecule has 3 aromatic carbocycles. The summed E-state index contributed by atoms with van der Waals surface area (Å²) in [5.41, 5.74) is 3.80. The molecule has 0 aromatic heterocycles. The highest BCUT2D eigenvalue weighted by Gasteiger charge is 2.04. The number of hydrogen-bond acceptors (Lipinski definition) is 5. The molecule has 0 saturated heterocycles. The van der Waals surface area contributed by atoms with Crippen LogP contribution in [0.25, 0.3) is 11.1 Å². The molecule has 174 valence electrons. The third kappa shape index (κ3) is 7.83. The van der Waals surface area contributed by atoms with Gasteiger partial charge in [0.05, 0.1) is 18.8 Å². The Kier molecular flexibility index (Phi) is 9.76. The smallest absolute Gasteiger partial charge is 0.330 e. The Bertz CT molecular complexity index is 1100. The van der Waals surface area contributed by atoms with E-state index in [1.807, 2.05) is 36.4 Å². The van der Waals surface area contributed by atoms with Crippen LogP contribution < -0.4 is 9.47 Å². The van der Waals surface area contributed by atoms with Gasteiger partial charge in [0.15, 0.2) is 0 Å². The molecule has 0 amide bonds.